The van der Waals surface area contributed by atoms with Crippen molar-refractivity contribution in [1.82, 2.24) is 5.32 Å². The molecule has 0 aromatic rings. The zero-order valence-electron chi connectivity index (χ0n) is 8.33. The van der Waals surface area contributed by atoms with E-state index in [1.165, 1.54) is 0 Å². The molecule has 0 aliphatic rings. The third-order valence-corrected chi connectivity index (χ3v) is 1.95. The largest absolute Gasteiger partial charge is 0.481 e. The molecule has 0 spiro atoms. The van der Waals surface area contributed by atoms with Gasteiger partial charge in [-0.05, 0) is 12.8 Å². The predicted octanol–water partition coefficient (Wildman–Crippen LogP) is 1.01. The lowest BCUT2D eigenvalue weighted by Crippen LogP contribution is -2.36. The van der Waals surface area contributed by atoms with Crippen molar-refractivity contribution in [3.63, 3.8) is 0 Å². The zero-order chi connectivity index (χ0) is 10.4. The van der Waals surface area contributed by atoms with Crippen LogP contribution in [0.4, 0.5) is 0 Å². The van der Waals surface area contributed by atoms with Gasteiger partial charge < -0.3 is 10.4 Å². The Kier molecular flexibility index (Phi) is 5.11. The maximum Gasteiger partial charge on any atom is 0.303 e. The summed E-state index contributed by atoms with van der Waals surface area (Å²) < 4.78 is 0. The SMILES string of the molecule is CC(C)C(C)NC(=O)CCC(=O)O. The van der Waals surface area contributed by atoms with Crippen LogP contribution in [0.5, 0.6) is 0 Å². The highest BCUT2D eigenvalue weighted by Crippen LogP contribution is 2.00. The molecule has 4 heteroatoms. The number of carbonyl (C=O) groups is 2. The summed E-state index contributed by atoms with van der Waals surface area (Å²) >= 11 is 0. The lowest BCUT2D eigenvalue weighted by molar-refractivity contribution is -0.138. The van der Waals surface area contributed by atoms with Gasteiger partial charge in [-0.15, -0.1) is 0 Å². The number of hydrogen-bond donors (Lipinski definition) is 2. The van der Waals surface area contributed by atoms with Gasteiger partial charge in [-0.25, -0.2) is 0 Å². The highest BCUT2D eigenvalue weighted by Gasteiger charge is 2.11. The fraction of sp³-hybridized carbons (Fsp3) is 0.778. The van der Waals surface area contributed by atoms with Crippen LogP contribution >= 0.6 is 0 Å². The lowest BCUT2D eigenvalue weighted by atomic mass is 10.1. The van der Waals surface area contributed by atoms with Gasteiger partial charge in [0.2, 0.25) is 5.91 Å². The van der Waals surface area contributed by atoms with Crippen LogP contribution in [0, 0.1) is 5.92 Å². The summed E-state index contributed by atoms with van der Waals surface area (Å²) in [5.41, 5.74) is 0. The number of nitrogens with one attached hydrogen (secondary N) is 1. The summed E-state index contributed by atoms with van der Waals surface area (Å²) in [6, 6.07) is 0.0984. The maximum absolute atomic E-state index is 11.1. The molecule has 1 unspecified atom stereocenters. The Labute approximate surface area is 78.3 Å². The quantitative estimate of drug-likeness (QED) is 0.675. The van der Waals surface area contributed by atoms with E-state index in [1.54, 1.807) is 0 Å². The minimum atomic E-state index is -0.938. The Balaban J connectivity index is 3.68. The first-order chi connectivity index (χ1) is 5.93. The molecule has 0 saturated heterocycles. The average Bonchev–Trinajstić information content (AvgIpc) is 2.00. The van der Waals surface area contributed by atoms with Gasteiger partial charge >= 0.3 is 5.97 Å². The van der Waals surface area contributed by atoms with E-state index in [0.717, 1.165) is 0 Å². The third-order valence-electron chi connectivity index (χ3n) is 1.95. The second-order valence-corrected chi connectivity index (χ2v) is 3.49. The minimum Gasteiger partial charge on any atom is -0.481 e. The topological polar surface area (TPSA) is 66.4 Å². The van der Waals surface area contributed by atoms with E-state index in [-0.39, 0.29) is 24.8 Å². The van der Waals surface area contributed by atoms with Crippen molar-refractivity contribution in [3.05, 3.63) is 0 Å². The molecule has 0 aromatic carbocycles. The third kappa shape index (κ3) is 6.13. The van der Waals surface area contributed by atoms with Gasteiger partial charge in [-0.1, -0.05) is 13.8 Å². The van der Waals surface area contributed by atoms with Crippen LogP contribution < -0.4 is 5.32 Å². The van der Waals surface area contributed by atoms with E-state index >= 15 is 0 Å². The molecule has 0 saturated carbocycles. The lowest BCUT2D eigenvalue weighted by Gasteiger charge is -2.16. The molecule has 0 aromatic heterocycles. The Hall–Kier alpha value is -1.06. The number of carboxylic acid groups (broad SMARTS) is 1. The number of hydrogen-bond acceptors (Lipinski definition) is 2. The summed E-state index contributed by atoms with van der Waals surface area (Å²) in [4.78, 5) is 21.2. The molecule has 0 bridgehead atoms. The molecule has 0 rings (SSSR count). The zero-order valence-corrected chi connectivity index (χ0v) is 8.33. The van der Waals surface area contributed by atoms with E-state index < -0.39 is 5.97 Å². The van der Waals surface area contributed by atoms with Crippen LogP contribution in [-0.4, -0.2) is 23.0 Å². The average molecular weight is 187 g/mol. The molecule has 76 valence electrons. The molecule has 1 atom stereocenters. The van der Waals surface area contributed by atoms with Crippen LogP contribution in [0.1, 0.15) is 33.6 Å². The van der Waals surface area contributed by atoms with Gasteiger partial charge in [-0.2, -0.15) is 0 Å². The molecule has 2 N–H and O–H groups in total. The number of rotatable bonds is 5. The predicted molar refractivity (Wildman–Crippen MR) is 49.3 cm³/mol. The van der Waals surface area contributed by atoms with Crippen LogP contribution in [0.3, 0.4) is 0 Å². The first kappa shape index (κ1) is 11.9. The Morgan fingerprint density at radius 2 is 1.77 bits per heavy atom. The molecule has 1 amide bonds. The van der Waals surface area contributed by atoms with Gasteiger partial charge in [0.15, 0.2) is 0 Å². The van der Waals surface area contributed by atoms with E-state index in [1.807, 2.05) is 20.8 Å². The number of carboxylic acids is 1. The molecular formula is C9H17NO3. The molecule has 0 radical (unpaired) electrons. The summed E-state index contributed by atoms with van der Waals surface area (Å²) in [7, 11) is 0. The number of amides is 1. The highest BCUT2D eigenvalue weighted by molar-refractivity contribution is 5.80. The second kappa shape index (κ2) is 5.56. The van der Waals surface area contributed by atoms with Crippen LogP contribution in [-0.2, 0) is 9.59 Å². The summed E-state index contributed by atoms with van der Waals surface area (Å²) in [5.74, 6) is -0.760. The molecule has 4 nitrogen and oxygen atoms in total. The molecule has 13 heavy (non-hydrogen) atoms. The van der Waals surface area contributed by atoms with E-state index in [2.05, 4.69) is 5.32 Å². The van der Waals surface area contributed by atoms with Crippen molar-refractivity contribution in [2.45, 2.75) is 39.7 Å². The van der Waals surface area contributed by atoms with Crippen molar-refractivity contribution < 1.29 is 14.7 Å². The standard InChI is InChI=1S/C9H17NO3/c1-6(2)7(3)10-8(11)4-5-9(12)13/h6-7H,4-5H2,1-3H3,(H,10,11)(H,12,13). The Bertz CT molecular complexity index is 189. The van der Waals surface area contributed by atoms with Crippen molar-refractivity contribution in [2.24, 2.45) is 5.92 Å². The highest BCUT2D eigenvalue weighted by atomic mass is 16.4. The van der Waals surface area contributed by atoms with Crippen molar-refractivity contribution in [1.29, 1.82) is 0 Å². The fourth-order valence-electron chi connectivity index (χ4n) is 0.713. The smallest absolute Gasteiger partial charge is 0.303 e. The number of aliphatic carboxylic acids is 1. The maximum atomic E-state index is 11.1. The monoisotopic (exact) mass is 187 g/mol. The van der Waals surface area contributed by atoms with Crippen LogP contribution in [0.15, 0.2) is 0 Å². The fourth-order valence-corrected chi connectivity index (χ4v) is 0.713. The molecule has 0 heterocycles. The Morgan fingerprint density at radius 1 is 1.23 bits per heavy atom. The normalized spacial score (nSPS) is 12.6. The summed E-state index contributed by atoms with van der Waals surface area (Å²) in [5, 5.41) is 11.1. The second-order valence-electron chi connectivity index (χ2n) is 3.49. The van der Waals surface area contributed by atoms with Gasteiger partial charge in [0, 0.05) is 12.5 Å². The van der Waals surface area contributed by atoms with Crippen molar-refractivity contribution >= 4 is 11.9 Å². The van der Waals surface area contributed by atoms with Gasteiger partial charge in [0.25, 0.3) is 0 Å². The van der Waals surface area contributed by atoms with E-state index in [4.69, 9.17) is 5.11 Å². The molecular weight excluding hydrogens is 170 g/mol. The number of carbonyl (C=O) groups excluding carboxylic acids is 1. The van der Waals surface area contributed by atoms with Gasteiger partial charge in [-0.3, -0.25) is 9.59 Å². The van der Waals surface area contributed by atoms with Crippen LogP contribution in [0.2, 0.25) is 0 Å². The molecule has 0 fully saturated rings. The van der Waals surface area contributed by atoms with Crippen molar-refractivity contribution in [2.75, 3.05) is 0 Å². The first-order valence-electron chi connectivity index (χ1n) is 4.44. The Morgan fingerprint density at radius 3 is 2.15 bits per heavy atom. The van der Waals surface area contributed by atoms with Gasteiger partial charge in [0.05, 0.1) is 6.42 Å². The van der Waals surface area contributed by atoms with E-state index in [0.29, 0.717) is 5.92 Å². The van der Waals surface area contributed by atoms with Crippen molar-refractivity contribution in [3.8, 4) is 0 Å². The summed E-state index contributed by atoms with van der Waals surface area (Å²) in [6.07, 6.45) is -0.0386. The molecule has 0 aliphatic heterocycles. The molecule has 0 aliphatic carbocycles. The summed E-state index contributed by atoms with van der Waals surface area (Å²) in [6.45, 7) is 5.91. The van der Waals surface area contributed by atoms with E-state index in [9.17, 15) is 9.59 Å². The van der Waals surface area contributed by atoms with Crippen LogP contribution in [0.25, 0.3) is 0 Å². The first-order valence-corrected chi connectivity index (χ1v) is 4.44. The minimum absolute atomic E-state index is 0.0619. The van der Waals surface area contributed by atoms with Gasteiger partial charge in [0.1, 0.15) is 0 Å².